The first-order chi connectivity index (χ1) is 11.0. The molecule has 1 aromatic rings. The molecule has 0 amide bonds. The van der Waals surface area contributed by atoms with E-state index < -0.39 is 12.2 Å². The molecular formula is C18H29NO4. The number of aliphatic hydroxyl groups excluding tert-OH is 2. The molecule has 0 aliphatic heterocycles. The fourth-order valence-electron chi connectivity index (χ4n) is 2.14. The molecule has 1 aliphatic carbocycles. The van der Waals surface area contributed by atoms with Gasteiger partial charge in [-0.15, -0.1) is 0 Å². The Morgan fingerprint density at radius 2 is 1.83 bits per heavy atom. The van der Waals surface area contributed by atoms with Gasteiger partial charge in [0.2, 0.25) is 0 Å². The summed E-state index contributed by atoms with van der Waals surface area (Å²) in [5, 5.41) is 23.0. The second-order valence-electron chi connectivity index (χ2n) is 6.59. The highest BCUT2D eigenvalue weighted by atomic mass is 16.5. The molecule has 2 rings (SSSR count). The van der Waals surface area contributed by atoms with Crippen molar-refractivity contribution in [1.29, 1.82) is 0 Å². The Kier molecular flexibility index (Phi) is 7.30. The third-order valence-corrected chi connectivity index (χ3v) is 3.80. The average molecular weight is 323 g/mol. The highest BCUT2D eigenvalue weighted by Crippen LogP contribution is 2.29. The van der Waals surface area contributed by atoms with Gasteiger partial charge in [0.25, 0.3) is 0 Å². The first-order valence-corrected chi connectivity index (χ1v) is 8.44. The molecule has 0 spiro atoms. The second kappa shape index (κ2) is 9.23. The van der Waals surface area contributed by atoms with Gasteiger partial charge in [0.15, 0.2) is 0 Å². The average Bonchev–Trinajstić information content (AvgIpc) is 3.35. The molecule has 2 unspecified atom stereocenters. The zero-order chi connectivity index (χ0) is 16.7. The largest absolute Gasteiger partial charge is 0.491 e. The number of hydrogen-bond acceptors (Lipinski definition) is 5. The predicted octanol–water partition coefficient (Wildman–Crippen LogP) is 1.88. The Labute approximate surface area is 138 Å². The van der Waals surface area contributed by atoms with Crippen LogP contribution in [0.15, 0.2) is 24.3 Å². The molecule has 0 aromatic heterocycles. The molecule has 5 nitrogen and oxygen atoms in total. The third kappa shape index (κ3) is 7.31. The number of benzene rings is 1. The highest BCUT2D eigenvalue weighted by Gasteiger charge is 2.21. The fourth-order valence-corrected chi connectivity index (χ4v) is 2.14. The van der Waals surface area contributed by atoms with Crippen LogP contribution < -0.4 is 10.1 Å². The quantitative estimate of drug-likeness (QED) is 0.580. The number of rotatable bonds is 11. The topological polar surface area (TPSA) is 71.0 Å². The summed E-state index contributed by atoms with van der Waals surface area (Å²) in [6, 6.07) is 7.62. The Morgan fingerprint density at radius 1 is 1.13 bits per heavy atom. The van der Waals surface area contributed by atoms with Crippen LogP contribution >= 0.6 is 0 Å². The molecule has 5 heteroatoms. The van der Waals surface area contributed by atoms with Gasteiger partial charge < -0.3 is 25.0 Å². The Morgan fingerprint density at radius 3 is 2.43 bits per heavy atom. The number of hydrogen-bond donors (Lipinski definition) is 3. The molecule has 1 aliphatic rings. The van der Waals surface area contributed by atoms with Gasteiger partial charge in [-0.1, -0.05) is 26.0 Å². The maximum atomic E-state index is 10.1. The number of ether oxygens (including phenoxy) is 2. The van der Waals surface area contributed by atoms with Crippen LogP contribution in [0.25, 0.3) is 0 Å². The summed E-state index contributed by atoms with van der Waals surface area (Å²) in [6.45, 7) is 5.90. The summed E-state index contributed by atoms with van der Waals surface area (Å²) in [5.74, 6) is 1.39. The van der Waals surface area contributed by atoms with Gasteiger partial charge in [-0.25, -0.2) is 0 Å². The van der Waals surface area contributed by atoms with Crippen LogP contribution in [0.2, 0.25) is 0 Å². The standard InChI is InChI=1S/C18H29NO4/c1-13(2)19-9-16(20)11-23-17-7-5-15(6-8-17)18(21)12-22-10-14-3-4-14/h5-8,13-14,16,18-21H,3-4,9-12H2,1-2H3. The molecule has 0 radical (unpaired) electrons. The Balaban J connectivity index is 1.68. The molecule has 0 bridgehead atoms. The van der Waals surface area contributed by atoms with Crippen molar-refractivity contribution in [3.63, 3.8) is 0 Å². The van der Waals surface area contributed by atoms with Gasteiger partial charge in [0.1, 0.15) is 24.6 Å². The maximum absolute atomic E-state index is 10.1. The summed E-state index contributed by atoms with van der Waals surface area (Å²) in [5.41, 5.74) is 0.815. The van der Waals surface area contributed by atoms with Gasteiger partial charge in [-0.05, 0) is 36.5 Å². The molecular weight excluding hydrogens is 294 g/mol. The van der Waals surface area contributed by atoms with E-state index in [9.17, 15) is 10.2 Å². The minimum atomic E-state index is -0.608. The van der Waals surface area contributed by atoms with Crippen LogP contribution in [0, 0.1) is 5.92 Å². The highest BCUT2D eigenvalue weighted by molar-refractivity contribution is 5.28. The van der Waals surface area contributed by atoms with E-state index in [0.717, 1.165) is 12.2 Å². The van der Waals surface area contributed by atoms with Gasteiger partial charge >= 0.3 is 0 Å². The van der Waals surface area contributed by atoms with Crippen molar-refractivity contribution in [2.24, 2.45) is 5.92 Å². The first kappa shape index (κ1) is 18.2. The van der Waals surface area contributed by atoms with Crippen LogP contribution in [0.4, 0.5) is 0 Å². The zero-order valence-corrected chi connectivity index (χ0v) is 14.1. The molecule has 3 N–H and O–H groups in total. The van der Waals surface area contributed by atoms with E-state index in [4.69, 9.17) is 9.47 Å². The summed E-state index contributed by atoms with van der Waals surface area (Å²) < 4.78 is 11.1. The lowest BCUT2D eigenvalue weighted by molar-refractivity contribution is 0.0314. The smallest absolute Gasteiger partial charge is 0.119 e. The lowest BCUT2D eigenvalue weighted by Gasteiger charge is -2.16. The van der Waals surface area contributed by atoms with Crippen LogP contribution in [-0.4, -0.2) is 48.7 Å². The van der Waals surface area contributed by atoms with Crippen LogP contribution in [-0.2, 0) is 4.74 Å². The fraction of sp³-hybridized carbons (Fsp3) is 0.667. The minimum absolute atomic E-state index is 0.242. The SMILES string of the molecule is CC(C)NCC(O)COc1ccc(C(O)COCC2CC2)cc1. The van der Waals surface area contributed by atoms with Crippen molar-refractivity contribution in [3.8, 4) is 5.75 Å². The van der Waals surface area contributed by atoms with E-state index >= 15 is 0 Å². The molecule has 0 saturated heterocycles. The summed E-state index contributed by atoms with van der Waals surface area (Å²) in [6.07, 6.45) is 1.35. The number of nitrogens with one attached hydrogen (secondary N) is 1. The van der Waals surface area contributed by atoms with Crippen molar-refractivity contribution in [1.82, 2.24) is 5.32 Å². The lowest BCUT2D eigenvalue weighted by Crippen LogP contribution is -2.35. The van der Waals surface area contributed by atoms with Gasteiger partial charge in [0.05, 0.1) is 6.61 Å². The van der Waals surface area contributed by atoms with E-state index in [1.165, 1.54) is 12.8 Å². The van der Waals surface area contributed by atoms with Crippen molar-refractivity contribution in [2.45, 2.75) is 44.9 Å². The minimum Gasteiger partial charge on any atom is -0.491 e. The van der Waals surface area contributed by atoms with Crippen molar-refractivity contribution >= 4 is 0 Å². The van der Waals surface area contributed by atoms with E-state index in [2.05, 4.69) is 5.32 Å². The van der Waals surface area contributed by atoms with Gasteiger partial charge in [0, 0.05) is 19.2 Å². The van der Waals surface area contributed by atoms with E-state index in [0.29, 0.717) is 30.9 Å². The van der Waals surface area contributed by atoms with Gasteiger partial charge in [-0.3, -0.25) is 0 Å². The summed E-state index contributed by atoms with van der Waals surface area (Å²) in [7, 11) is 0. The molecule has 0 heterocycles. The lowest BCUT2D eigenvalue weighted by atomic mass is 10.1. The summed E-state index contributed by atoms with van der Waals surface area (Å²) >= 11 is 0. The molecule has 1 aromatic carbocycles. The van der Waals surface area contributed by atoms with E-state index in [1.54, 1.807) is 0 Å². The van der Waals surface area contributed by atoms with Crippen LogP contribution in [0.5, 0.6) is 5.75 Å². The zero-order valence-electron chi connectivity index (χ0n) is 14.1. The normalized spacial score (nSPS) is 17.3. The molecule has 23 heavy (non-hydrogen) atoms. The molecule has 130 valence electrons. The van der Waals surface area contributed by atoms with Crippen LogP contribution in [0.3, 0.4) is 0 Å². The van der Waals surface area contributed by atoms with E-state index in [1.807, 2.05) is 38.1 Å². The monoisotopic (exact) mass is 323 g/mol. The summed E-state index contributed by atoms with van der Waals surface area (Å²) in [4.78, 5) is 0. The number of aliphatic hydroxyl groups is 2. The second-order valence-corrected chi connectivity index (χ2v) is 6.59. The maximum Gasteiger partial charge on any atom is 0.119 e. The van der Waals surface area contributed by atoms with Crippen LogP contribution in [0.1, 0.15) is 38.4 Å². The molecule has 2 atom stereocenters. The molecule has 1 fully saturated rings. The van der Waals surface area contributed by atoms with Crippen molar-refractivity contribution in [2.75, 3.05) is 26.4 Å². The van der Waals surface area contributed by atoms with Crippen molar-refractivity contribution in [3.05, 3.63) is 29.8 Å². The van der Waals surface area contributed by atoms with Gasteiger partial charge in [-0.2, -0.15) is 0 Å². The third-order valence-electron chi connectivity index (χ3n) is 3.80. The predicted molar refractivity (Wildman–Crippen MR) is 89.6 cm³/mol. The Bertz CT molecular complexity index is 445. The van der Waals surface area contributed by atoms with Crippen molar-refractivity contribution < 1.29 is 19.7 Å². The first-order valence-electron chi connectivity index (χ1n) is 8.44. The van der Waals surface area contributed by atoms with E-state index in [-0.39, 0.29) is 6.61 Å². The Hall–Kier alpha value is -1.14. The molecule has 1 saturated carbocycles.